The number of carbonyl (C=O) groups is 1. The van der Waals surface area contributed by atoms with Crippen molar-refractivity contribution >= 4 is 6.09 Å². The fraction of sp³-hybridized carbons (Fsp3) is 0.975. The molecule has 5 nitrogen and oxygen atoms in total. The molecule has 0 atom stereocenters. The Balaban J connectivity index is 4.16. The lowest BCUT2D eigenvalue weighted by Crippen LogP contribution is -2.32. The van der Waals surface area contributed by atoms with E-state index in [9.17, 15) is 4.79 Å². The molecular formula is C40H81NO4. The first-order valence-corrected chi connectivity index (χ1v) is 20.1. The van der Waals surface area contributed by atoms with Crippen molar-refractivity contribution in [2.45, 2.75) is 200 Å². The number of hydrogen-bond donors (Lipinski definition) is 0. The molecular weight excluding hydrogens is 558 g/mol. The zero-order chi connectivity index (χ0) is 32.9. The molecule has 0 aromatic heterocycles. The largest absolute Gasteiger partial charge is 0.449 e. The molecule has 0 aliphatic rings. The lowest BCUT2D eigenvalue weighted by molar-refractivity contribution is 0.0547. The van der Waals surface area contributed by atoms with Crippen molar-refractivity contribution in [1.82, 2.24) is 4.90 Å². The normalized spacial score (nSPS) is 11.5. The van der Waals surface area contributed by atoms with Crippen LogP contribution in [-0.2, 0) is 14.2 Å². The van der Waals surface area contributed by atoms with Gasteiger partial charge in [0, 0.05) is 33.7 Å². The molecule has 0 aromatic rings. The molecule has 0 aliphatic heterocycles. The second-order valence-corrected chi connectivity index (χ2v) is 13.9. The highest BCUT2D eigenvalue weighted by Crippen LogP contribution is 2.21. The highest BCUT2D eigenvalue weighted by atomic mass is 16.6. The topological polar surface area (TPSA) is 48.0 Å². The highest BCUT2D eigenvalue weighted by molar-refractivity contribution is 5.67. The van der Waals surface area contributed by atoms with Gasteiger partial charge < -0.3 is 19.1 Å². The summed E-state index contributed by atoms with van der Waals surface area (Å²) in [7, 11) is 3.59. The number of nitrogens with zero attached hydrogens (tertiary/aromatic N) is 1. The average Bonchev–Trinajstić information content (AvgIpc) is 3.04. The smallest absolute Gasteiger partial charge is 0.409 e. The minimum Gasteiger partial charge on any atom is -0.449 e. The molecule has 0 saturated carbocycles. The van der Waals surface area contributed by atoms with E-state index in [0.717, 1.165) is 13.0 Å². The van der Waals surface area contributed by atoms with Crippen molar-refractivity contribution in [2.24, 2.45) is 5.92 Å². The Bertz CT molecular complexity index is 542. The summed E-state index contributed by atoms with van der Waals surface area (Å²) in [5, 5.41) is 0. The van der Waals surface area contributed by atoms with Crippen LogP contribution in [-0.4, -0.2) is 58.1 Å². The molecule has 0 rings (SSSR count). The van der Waals surface area contributed by atoms with E-state index >= 15 is 0 Å². The lowest BCUT2D eigenvalue weighted by atomic mass is 9.93. The van der Waals surface area contributed by atoms with Gasteiger partial charge in [-0.25, -0.2) is 4.79 Å². The van der Waals surface area contributed by atoms with Crippen molar-refractivity contribution in [1.29, 1.82) is 0 Å². The standard InChI is InChI=1S/C40H81NO4/c1-5-7-9-11-13-15-17-19-21-23-25-27-29-32-39(38-41(3)40(42)45-35-31-34-44-37-36-43-4)33-30-28-26-24-22-20-18-16-14-12-10-8-6-2/h39H,5-38H2,1-4H3. The van der Waals surface area contributed by atoms with Gasteiger partial charge in [-0.2, -0.15) is 0 Å². The summed E-state index contributed by atoms with van der Waals surface area (Å²) in [6, 6.07) is 0. The predicted octanol–water partition coefficient (Wildman–Crippen LogP) is 12.7. The summed E-state index contributed by atoms with van der Waals surface area (Å²) in [4.78, 5) is 14.5. The molecule has 270 valence electrons. The Kier molecular flexibility index (Phi) is 37.0. The fourth-order valence-corrected chi connectivity index (χ4v) is 6.37. The average molecular weight is 640 g/mol. The number of ether oxygens (including phenoxy) is 3. The first-order chi connectivity index (χ1) is 22.2. The van der Waals surface area contributed by atoms with Crippen LogP contribution in [0.15, 0.2) is 0 Å². The van der Waals surface area contributed by atoms with Crippen LogP contribution in [0.1, 0.15) is 200 Å². The van der Waals surface area contributed by atoms with Crippen LogP contribution in [0.25, 0.3) is 0 Å². The monoisotopic (exact) mass is 640 g/mol. The first kappa shape index (κ1) is 44.2. The van der Waals surface area contributed by atoms with Crippen LogP contribution in [0.3, 0.4) is 0 Å². The van der Waals surface area contributed by atoms with Gasteiger partial charge in [0.05, 0.1) is 19.8 Å². The van der Waals surface area contributed by atoms with Crippen LogP contribution in [0, 0.1) is 5.92 Å². The highest BCUT2D eigenvalue weighted by Gasteiger charge is 2.17. The van der Waals surface area contributed by atoms with Gasteiger partial charge in [-0.05, 0) is 18.8 Å². The lowest BCUT2D eigenvalue weighted by Gasteiger charge is -2.24. The van der Waals surface area contributed by atoms with Gasteiger partial charge in [-0.3, -0.25) is 0 Å². The van der Waals surface area contributed by atoms with E-state index in [1.54, 1.807) is 7.11 Å². The van der Waals surface area contributed by atoms with Gasteiger partial charge in [0.2, 0.25) is 0 Å². The van der Waals surface area contributed by atoms with Crippen molar-refractivity contribution in [3.8, 4) is 0 Å². The van der Waals surface area contributed by atoms with Crippen molar-refractivity contribution in [3.05, 3.63) is 0 Å². The van der Waals surface area contributed by atoms with Crippen LogP contribution >= 0.6 is 0 Å². The van der Waals surface area contributed by atoms with Crippen LogP contribution in [0.2, 0.25) is 0 Å². The summed E-state index contributed by atoms with van der Waals surface area (Å²) in [6.45, 7) is 7.61. The molecule has 0 radical (unpaired) electrons. The van der Waals surface area contributed by atoms with E-state index in [0.29, 0.717) is 32.3 Å². The Morgan fingerprint density at radius 2 is 0.867 bits per heavy atom. The Labute approximate surface area is 282 Å². The Morgan fingerprint density at radius 3 is 1.24 bits per heavy atom. The summed E-state index contributed by atoms with van der Waals surface area (Å²) < 4.78 is 16.0. The summed E-state index contributed by atoms with van der Waals surface area (Å²) in [6.07, 6.45) is 39.3. The molecule has 0 fully saturated rings. The molecule has 0 aliphatic carbocycles. The molecule has 0 heterocycles. The minimum atomic E-state index is -0.187. The molecule has 0 saturated heterocycles. The minimum absolute atomic E-state index is 0.187. The van der Waals surface area contributed by atoms with E-state index in [1.165, 1.54) is 180 Å². The van der Waals surface area contributed by atoms with Crippen LogP contribution in [0.4, 0.5) is 4.79 Å². The maximum Gasteiger partial charge on any atom is 0.409 e. The summed E-state index contributed by atoms with van der Waals surface area (Å²) in [5.41, 5.74) is 0. The maximum atomic E-state index is 12.6. The van der Waals surface area contributed by atoms with Crippen molar-refractivity contribution in [2.75, 3.05) is 47.1 Å². The number of carbonyl (C=O) groups excluding carboxylic acids is 1. The van der Waals surface area contributed by atoms with Gasteiger partial charge in [0.1, 0.15) is 0 Å². The summed E-state index contributed by atoms with van der Waals surface area (Å²) >= 11 is 0. The second kappa shape index (κ2) is 37.6. The van der Waals surface area contributed by atoms with E-state index in [-0.39, 0.29) is 6.09 Å². The molecule has 0 spiro atoms. The number of hydrogen-bond acceptors (Lipinski definition) is 4. The van der Waals surface area contributed by atoms with E-state index < -0.39 is 0 Å². The van der Waals surface area contributed by atoms with Gasteiger partial charge in [0.15, 0.2) is 0 Å². The van der Waals surface area contributed by atoms with E-state index in [1.807, 2.05) is 11.9 Å². The van der Waals surface area contributed by atoms with Gasteiger partial charge in [-0.1, -0.05) is 181 Å². The number of methoxy groups -OCH3 is 1. The molecule has 0 N–H and O–H groups in total. The zero-order valence-corrected chi connectivity index (χ0v) is 31.2. The maximum absolute atomic E-state index is 12.6. The number of unbranched alkanes of at least 4 members (excludes halogenated alkanes) is 24. The van der Waals surface area contributed by atoms with E-state index in [4.69, 9.17) is 14.2 Å². The molecule has 0 aromatic carbocycles. The van der Waals surface area contributed by atoms with Gasteiger partial charge >= 0.3 is 6.09 Å². The first-order valence-electron chi connectivity index (χ1n) is 20.1. The van der Waals surface area contributed by atoms with Crippen molar-refractivity contribution < 1.29 is 19.0 Å². The Hall–Kier alpha value is -0.810. The van der Waals surface area contributed by atoms with Crippen LogP contribution < -0.4 is 0 Å². The van der Waals surface area contributed by atoms with Gasteiger partial charge in [-0.15, -0.1) is 0 Å². The fourth-order valence-electron chi connectivity index (χ4n) is 6.37. The molecule has 0 bridgehead atoms. The van der Waals surface area contributed by atoms with Crippen molar-refractivity contribution in [3.63, 3.8) is 0 Å². The number of amides is 1. The molecule has 0 unspecified atom stereocenters. The zero-order valence-electron chi connectivity index (χ0n) is 31.2. The third-order valence-corrected chi connectivity index (χ3v) is 9.37. The van der Waals surface area contributed by atoms with E-state index in [2.05, 4.69) is 13.8 Å². The molecule has 5 heteroatoms. The van der Waals surface area contributed by atoms with Crippen LogP contribution in [0.5, 0.6) is 0 Å². The molecule has 45 heavy (non-hydrogen) atoms. The number of rotatable bonds is 37. The third kappa shape index (κ3) is 34.3. The second-order valence-electron chi connectivity index (χ2n) is 13.9. The quantitative estimate of drug-likeness (QED) is 0.0635. The molecule has 1 amide bonds. The predicted molar refractivity (Wildman–Crippen MR) is 195 cm³/mol. The van der Waals surface area contributed by atoms with Gasteiger partial charge in [0.25, 0.3) is 0 Å². The SMILES string of the molecule is CCCCCCCCCCCCCCCC(CCCCCCCCCCCCCCC)CN(C)C(=O)OCCCOCCOC. The Morgan fingerprint density at radius 1 is 0.489 bits per heavy atom. The summed E-state index contributed by atoms with van der Waals surface area (Å²) in [5.74, 6) is 0.584. The third-order valence-electron chi connectivity index (χ3n) is 9.37.